The Labute approximate surface area is 167 Å². The molecule has 0 bridgehead atoms. The number of carbonyl (C=O) groups is 1. The minimum Gasteiger partial charge on any atom is -0.496 e. The maximum absolute atomic E-state index is 12.8. The van der Waals surface area contributed by atoms with Crippen LogP contribution in [0.2, 0.25) is 0 Å². The summed E-state index contributed by atoms with van der Waals surface area (Å²) in [5.74, 6) is 1.90. The molecule has 1 aliphatic heterocycles. The first kappa shape index (κ1) is 19.0. The second kappa shape index (κ2) is 8.76. The molecule has 1 saturated carbocycles. The van der Waals surface area contributed by atoms with E-state index in [2.05, 4.69) is 29.2 Å². The molecule has 4 nitrogen and oxygen atoms in total. The van der Waals surface area contributed by atoms with Crippen LogP contribution in [0.3, 0.4) is 0 Å². The number of nitrogens with zero attached hydrogens (tertiary/aromatic N) is 2. The Morgan fingerprint density at radius 3 is 2.71 bits per heavy atom. The molecule has 4 rings (SSSR count). The molecule has 0 radical (unpaired) electrons. The molecule has 0 spiro atoms. The van der Waals surface area contributed by atoms with Crippen molar-refractivity contribution in [3.05, 3.63) is 59.4 Å². The van der Waals surface area contributed by atoms with E-state index in [0.29, 0.717) is 11.8 Å². The van der Waals surface area contributed by atoms with E-state index in [9.17, 15) is 4.79 Å². The standard InChI is InChI=1S/C24H30N2O2/c1-28-23-14-5-4-10-19(23)16-21-12-6-13-22(25-21)20-11-7-15-26(17-20)24(27)18-8-2-3-9-18/h4-6,10,12-14,18,20H,2-3,7-9,11,15-17H2,1H3/t20-/m0/s1. The van der Waals surface area contributed by atoms with Gasteiger partial charge in [-0.05, 0) is 43.9 Å². The van der Waals surface area contributed by atoms with Crippen LogP contribution in [0.5, 0.6) is 5.75 Å². The average molecular weight is 379 g/mol. The Balaban J connectivity index is 1.46. The van der Waals surface area contributed by atoms with Gasteiger partial charge < -0.3 is 9.64 Å². The molecule has 1 saturated heterocycles. The maximum atomic E-state index is 12.8. The highest BCUT2D eigenvalue weighted by atomic mass is 16.5. The highest BCUT2D eigenvalue weighted by Gasteiger charge is 2.31. The van der Waals surface area contributed by atoms with Crippen molar-refractivity contribution in [1.29, 1.82) is 0 Å². The number of carbonyl (C=O) groups excluding carboxylic acids is 1. The summed E-state index contributed by atoms with van der Waals surface area (Å²) in [7, 11) is 1.71. The smallest absolute Gasteiger partial charge is 0.225 e. The molecule has 1 aromatic carbocycles. The topological polar surface area (TPSA) is 42.4 Å². The number of piperidine rings is 1. The molecule has 148 valence electrons. The van der Waals surface area contributed by atoms with E-state index in [1.807, 2.05) is 18.2 Å². The van der Waals surface area contributed by atoms with Crippen molar-refractivity contribution in [3.63, 3.8) is 0 Å². The third-order valence-corrected chi connectivity index (χ3v) is 6.25. The fourth-order valence-electron chi connectivity index (χ4n) is 4.72. The number of likely N-dealkylation sites (tertiary alicyclic amines) is 1. The van der Waals surface area contributed by atoms with Gasteiger partial charge in [-0.3, -0.25) is 9.78 Å². The Kier molecular flexibility index (Phi) is 5.94. The molecule has 2 heterocycles. The van der Waals surface area contributed by atoms with Crippen molar-refractivity contribution < 1.29 is 9.53 Å². The van der Waals surface area contributed by atoms with Gasteiger partial charge >= 0.3 is 0 Å². The predicted molar refractivity (Wildman–Crippen MR) is 111 cm³/mol. The monoisotopic (exact) mass is 378 g/mol. The van der Waals surface area contributed by atoms with E-state index in [0.717, 1.165) is 67.9 Å². The van der Waals surface area contributed by atoms with Crippen LogP contribution in [-0.4, -0.2) is 36.0 Å². The van der Waals surface area contributed by atoms with Crippen LogP contribution >= 0.6 is 0 Å². The van der Waals surface area contributed by atoms with E-state index >= 15 is 0 Å². The summed E-state index contributed by atoms with van der Waals surface area (Å²) in [6.45, 7) is 1.73. The number of amides is 1. The lowest BCUT2D eigenvalue weighted by Gasteiger charge is -2.34. The fraction of sp³-hybridized carbons (Fsp3) is 0.500. The highest BCUT2D eigenvalue weighted by molar-refractivity contribution is 5.79. The molecule has 1 atom stereocenters. The fourth-order valence-corrected chi connectivity index (χ4v) is 4.72. The summed E-state index contributed by atoms with van der Waals surface area (Å²) in [6.07, 6.45) is 7.51. The summed E-state index contributed by atoms with van der Waals surface area (Å²) >= 11 is 0. The van der Waals surface area contributed by atoms with Gasteiger partial charge in [-0.1, -0.05) is 37.1 Å². The molecule has 1 aromatic heterocycles. The van der Waals surface area contributed by atoms with Crippen LogP contribution in [0.15, 0.2) is 42.5 Å². The first-order chi connectivity index (χ1) is 13.7. The first-order valence-corrected chi connectivity index (χ1v) is 10.6. The Bertz CT molecular complexity index is 814. The van der Waals surface area contributed by atoms with Crippen molar-refractivity contribution in [3.8, 4) is 5.75 Å². The van der Waals surface area contributed by atoms with Gasteiger partial charge in [0, 0.05) is 48.3 Å². The molecule has 2 fully saturated rings. The predicted octanol–water partition coefficient (Wildman–Crippen LogP) is 4.58. The van der Waals surface area contributed by atoms with Crippen molar-refractivity contribution in [2.75, 3.05) is 20.2 Å². The van der Waals surface area contributed by atoms with Crippen molar-refractivity contribution in [2.24, 2.45) is 5.92 Å². The summed E-state index contributed by atoms with van der Waals surface area (Å²) in [5.41, 5.74) is 3.33. The lowest BCUT2D eigenvalue weighted by Crippen LogP contribution is -2.42. The summed E-state index contributed by atoms with van der Waals surface area (Å²) in [4.78, 5) is 19.9. The number of aromatic nitrogens is 1. The van der Waals surface area contributed by atoms with Crippen molar-refractivity contribution in [2.45, 2.75) is 50.9 Å². The Morgan fingerprint density at radius 2 is 1.89 bits per heavy atom. The molecule has 4 heteroatoms. The first-order valence-electron chi connectivity index (χ1n) is 10.6. The minimum absolute atomic E-state index is 0.267. The van der Waals surface area contributed by atoms with Crippen molar-refractivity contribution >= 4 is 5.91 Å². The normalized spacial score (nSPS) is 20.3. The molecular weight excluding hydrogens is 348 g/mol. The summed E-state index contributed by atoms with van der Waals surface area (Å²) in [6, 6.07) is 14.4. The molecule has 0 N–H and O–H groups in total. The van der Waals surface area contributed by atoms with Gasteiger partial charge in [-0.2, -0.15) is 0 Å². The van der Waals surface area contributed by atoms with Crippen LogP contribution in [0.1, 0.15) is 61.4 Å². The van der Waals surface area contributed by atoms with E-state index < -0.39 is 0 Å². The van der Waals surface area contributed by atoms with Gasteiger partial charge in [0.2, 0.25) is 5.91 Å². The number of methoxy groups -OCH3 is 1. The zero-order chi connectivity index (χ0) is 19.3. The molecule has 1 amide bonds. The number of benzene rings is 1. The molecule has 1 aliphatic carbocycles. The molecule has 2 aromatic rings. The second-order valence-corrected chi connectivity index (χ2v) is 8.15. The highest BCUT2D eigenvalue weighted by Crippen LogP contribution is 2.31. The van der Waals surface area contributed by atoms with Crippen LogP contribution in [0, 0.1) is 5.92 Å². The number of hydrogen-bond acceptors (Lipinski definition) is 3. The lowest BCUT2D eigenvalue weighted by atomic mass is 9.92. The number of ether oxygens (including phenoxy) is 1. The average Bonchev–Trinajstić information content (AvgIpc) is 3.29. The van der Waals surface area contributed by atoms with Gasteiger partial charge in [0.05, 0.1) is 7.11 Å². The van der Waals surface area contributed by atoms with Gasteiger partial charge in [0.1, 0.15) is 5.75 Å². The zero-order valence-electron chi connectivity index (χ0n) is 16.8. The Morgan fingerprint density at radius 1 is 1.07 bits per heavy atom. The number of rotatable bonds is 5. The van der Waals surface area contributed by atoms with E-state index in [1.54, 1.807) is 7.11 Å². The summed E-state index contributed by atoms with van der Waals surface area (Å²) < 4.78 is 5.48. The number of para-hydroxylation sites is 1. The maximum Gasteiger partial charge on any atom is 0.225 e. The van der Waals surface area contributed by atoms with E-state index in [-0.39, 0.29) is 5.92 Å². The van der Waals surface area contributed by atoms with Gasteiger partial charge in [0.15, 0.2) is 0 Å². The van der Waals surface area contributed by atoms with E-state index in [4.69, 9.17) is 9.72 Å². The molecular formula is C24H30N2O2. The van der Waals surface area contributed by atoms with Crippen LogP contribution in [0.4, 0.5) is 0 Å². The third-order valence-electron chi connectivity index (χ3n) is 6.25. The zero-order valence-corrected chi connectivity index (χ0v) is 16.8. The van der Waals surface area contributed by atoms with Crippen molar-refractivity contribution in [1.82, 2.24) is 9.88 Å². The quantitative estimate of drug-likeness (QED) is 0.765. The lowest BCUT2D eigenvalue weighted by molar-refractivity contribution is -0.136. The van der Waals surface area contributed by atoms with Gasteiger partial charge in [0.25, 0.3) is 0 Å². The van der Waals surface area contributed by atoms with E-state index in [1.165, 1.54) is 12.8 Å². The minimum atomic E-state index is 0.267. The van der Waals surface area contributed by atoms with Crippen LogP contribution in [-0.2, 0) is 11.2 Å². The van der Waals surface area contributed by atoms with Gasteiger partial charge in [-0.25, -0.2) is 0 Å². The third kappa shape index (κ3) is 4.21. The SMILES string of the molecule is COc1ccccc1Cc1cccc([C@H]2CCCN(C(=O)C3CCCC3)C2)n1. The molecule has 0 unspecified atom stereocenters. The molecule has 28 heavy (non-hydrogen) atoms. The summed E-state index contributed by atoms with van der Waals surface area (Å²) in [5, 5.41) is 0. The molecule has 2 aliphatic rings. The Hall–Kier alpha value is -2.36. The van der Waals surface area contributed by atoms with Crippen LogP contribution in [0.25, 0.3) is 0 Å². The van der Waals surface area contributed by atoms with Crippen LogP contribution < -0.4 is 4.74 Å². The second-order valence-electron chi connectivity index (χ2n) is 8.15. The van der Waals surface area contributed by atoms with Gasteiger partial charge in [-0.15, -0.1) is 0 Å². The largest absolute Gasteiger partial charge is 0.496 e. The number of pyridine rings is 1. The number of hydrogen-bond donors (Lipinski definition) is 0.